The maximum absolute atomic E-state index is 13.0. The molecule has 5 rings (SSSR count). The molecule has 2 N–H and O–H groups in total. The van der Waals surface area contributed by atoms with Crippen LogP contribution in [0.25, 0.3) is 0 Å². The van der Waals surface area contributed by atoms with Crippen LogP contribution >= 0.6 is 11.8 Å². The number of alkyl halides is 3. The first-order valence-corrected chi connectivity index (χ1v) is 14.4. The fourth-order valence-electron chi connectivity index (χ4n) is 5.03. The monoisotopic (exact) mass is 605 g/mol. The molecule has 3 heterocycles. The van der Waals surface area contributed by atoms with E-state index in [9.17, 15) is 27.9 Å². The van der Waals surface area contributed by atoms with Crippen LogP contribution in [0, 0.1) is 0 Å². The van der Waals surface area contributed by atoms with E-state index in [-0.39, 0.29) is 31.8 Å². The van der Waals surface area contributed by atoms with Crippen molar-refractivity contribution < 1.29 is 37.3 Å². The summed E-state index contributed by atoms with van der Waals surface area (Å²) in [5.74, 6) is -2.13. The number of aryl methyl sites for hydroxylation is 1. The first-order chi connectivity index (χ1) is 20.1. The van der Waals surface area contributed by atoms with E-state index in [2.05, 4.69) is 15.5 Å². The number of aromatic nitrogens is 3. The number of benzene rings is 2. The Morgan fingerprint density at radius 2 is 1.93 bits per heavy atom. The van der Waals surface area contributed by atoms with Gasteiger partial charge in [-0.1, -0.05) is 48.2 Å². The highest BCUT2D eigenvalue weighted by Gasteiger charge is 2.47. The van der Waals surface area contributed by atoms with Crippen molar-refractivity contribution in [1.29, 1.82) is 0 Å². The van der Waals surface area contributed by atoms with E-state index >= 15 is 0 Å². The molecular formula is C28H30F3N5O5S. The second-order valence-corrected chi connectivity index (χ2v) is 11.1. The van der Waals surface area contributed by atoms with Gasteiger partial charge in [0.25, 0.3) is 0 Å². The summed E-state index contributed by atoms with van der Waals surface area (Å²) in [5, 5.41) is 20.8. The molecule has 0 saturated carbocycles. The van der Waals surface area contributed by atoms with Crippen LogP contribution in [0.15, 0.2) is 60.0 Å². The number of anilines is 1. The summed E-state index contributed by atoms with van der Waals surface area (Å²) in [6.07, 6.45) is -3.81. The fraction of sp³-hybridized carbons (Fsp3) is 0.429. The largest absolute Gasteiger partial charge is 0.471 e. The molecule has 2 saturated heterocycles. The summed E-state index contributed by atoms with van der Waals surface area (Å²) >= 11 is 1.50. The molecule has 2 fully saturated rings. The van der Waals surface area contributed by atoms with E-state index in [1.165, 1.54) is 11.8 Å². The third-order valence-corrected chi connectivity index (χ3v) is 8.33. The second-order valence-electron chi connectivity index (χ2n) is 10.2. The van der Waals surface area contributed by atoms with Crippen LogP contribution in [-0.2, 0) is 32.7 Å². The van der Waals surface area contributed by atoms with Gasteiger partial charge >= 0.3 is 12.1 Å². The molecule has 0 aliphatic carbocycles. The number of nitrogens with zero attached hydrogens (tertiary/aromatic N) is 4. The van der Waals surface area contributed by atoms with Gasteiger partial charge in [0.05, 0.1) is 18.8 Å². The van der Waals surface area contributed by atoms with E-state index in [1.54, 1.807) is 30.6 Å². The molecule has 2 amide bonds. The van der Waals surface area contributed by atoms with E-state index in [1.807, 2.05) is 35.9 Å². The molecule has 224 valence electrons. The lowest BCUT2D eigenvalue weighted by molar-refractivity contribution is -0.245. The minimum atomic E-state index is -5.05. The number of amides is 2. The maximum atomic E-state index is 13.0. The first-order valence-electron chi connectivity index (χ1n) is 13.4. The maximum Gasteiger partial charge on any atom is 0.471 e. The number of carbonyl (C=O) groups excluding carboxylic acids is 2. The number of aliphatic hydroxyl groups is 1. The SMILES string of the molecule is Cn1cnnc1SCC1CC(c2ccc(CO)cc2)OC(c2cccc(NC(=O)C3CCCN3C(=O)C(F)(F)F)c2)O1. The summed E-state index contributed by atoms with van der Waals surface area (Å²) < 4.78 is 53.6. The number of nitrogens with one attached hydrogen (secondary N) is 1. The average Bonchev–Trinajstić information content (AvgIpc) is 3.64. The zero-order chi connectivity index (χ0) is 29.9. The van der Waals surface area contributed by atoms with E-state index in [4.69, 9.17) is 9.47 Å². The molecule has 14 heteroatoms. The summed E-state index contributed by atoms with van der Waals surface area (Å²) in [5.41, 5.74) is 2.63. The predicted molar refractivity (Wildman–Crippen MR) is 146 cm³/mol. The average molecular weight is 606 g/mol. The van der Waals surface area contributed by atoms with Gasteiger partial charge in [-0.3, -0.25) is 9.59 Å². The third-order valence-electron chi connectivity index (χ3n) is 7.17. The molecular weight excluding hydrogens is 575 g/mol. The van der Waals surface area contributed by atoms with E-state index in [0.717, 1.165) is 16.3 Å². The van der Waals surface area contributed by atoms with Crippen molar-refractivity contribution in [2.75, 3.05) is 17.6 Å². The quantitative estimate of drug-likeness (QED) is 0.368. The van der Waals surface area contributed by atoms with Crippen LogP contribution in [0.5, 0.6) is 0 Å². The predicted octanol–water partition coefficient (Wildman–Crippen LogP) is 4.14. The van der Waals surface area contributed by atoms with E-state index < -0.39 is 30.3 Å². The number of ether oxygens (including phenoxy) is 2. The van der Waals surface area contributed by atoms with E-state index in [0.29, 0.717) is 34.7 Å². The third kappa shape index (κ3) is 6.94. The van der Waals surface area contributed by atoms with Crippen LogP contribution < -0.4 is 5.32 Å². The molecule has 42 heavy (non-hydrogen) atoms. The van der Waals surface area contributed by atoms with Crippen molar-refractivity contribution in [3.8, 4) is 0 Å². The minimum absolute atomic E-state index is 0.0734. The van der Waals surface area contributed by atoms with Gasteiger partial charge in [-0.15, -0.1) is 10.2 Å². The summed E-state index contributed by atoms with van der Waals surface area (Å²) in [7, 11) is 1.85. The molecule has 10 nitrogen and oxygen atoms in total. The molecule has 0 spiro atoms. The van der Waals surface area contributed by atoms with Crippen LogP contribution in [0.2, 0.25) is 0 Å². The van der Waals surface area contributed by atoms with Crippen molar-refractivity contribution in [2.45, 2.75) is 61.7 Å². The molecule has 2 aliphatic heterocycles. The number of halogens is 3. The van der Waals surface area contributed by atoms with Crippen molar-refractivity contribution >= 4 is 29.3 Å². The Bertz CT molecular complexity index is 1400. The van der Waals surface area contributed by atoms with Gasteiger partial charge in [0.2, 0.25) is 5.91 Å². The normalized spacial score (nSPS) is 22.7. The number of carbonyl (C=O) groups is 2. The zero-order valence-electron chi connectivity index (χ0n) is 22.7. The van der Waals surface area contributed by atoms with Crippen molar-refractivity contribution in [2.24, 2.45) is 7.05 Å². The lowest BCUT2D eigenvalue weighted by atomic mass is 10.0. The zero-order valence-corrected chi connectivity index (χ0v) is 23.5. The molecule has 4 unspecified atom stereocenters. The Morgan fingerprint density at radius 3 is 2.62 bits per heavy atom. The Morgan fingerprint density at radius 1 is 1.14 bits per heavy atom. The minimum Gasteiger partial charge on any atom is -0.392 e. The molecule has 3 aromatic rings. The number of hydrogen-bond acceptors (Lipinski definition) is 8. The summed E-state index contributed by atoms with van der Waals surface area (Å²) in [4.78, 5) is 25.3. The van der Waals surface area contributed by atoms with Crippen molar-refractivity contribution in [1.82, 2.24) is 19.7 Å². The molecule has 2 aromatic carbocycles. The van der Waals surface area contributed by atoms with Gasteiger partial charge in [-0.25, -0.2) is 0 Å². The van der Waals surface area contributed by atoms with Crippen molar-refractivity contribution in [3.05, 3.63) is 71.5 Å². The fourth-order valence-corrected chi connectivity index (χ4v) is 5.93. The van der Waals surface area contributed by atoms with Gasteiger partial charge in [-0.2, -0.15) is 13.2 Å². The number of aliphatic hydroxyl groups excluding tert-OH is 1. The Balaban J connectivity index is 1.32. The smallest absolute Gasteiger partial charge is 0.392 e. The van der Waals surface area contributed by atoms with Crippen LogP contribution in [-0.4, -0.2) is 67.2 Å². The van der Waals surface area contributed by atoms with Gasteiger partial charge < -0.3 is 29.4 Å². The lowest BCUT2D eigenvalue weighted by Gasteiger charge is -2.36. The molecule has 4 atom stereocenters. The Kier molecular flexibility index (Phi) is 9.16. The summed E-state index contributed by atoms with van der Waals surface area (Å²) in [6, 6.07) is 13.0. The molecule has 0 bridgehead atoms. The standard InChI is InChI=1S/C28H30F3N5O5S/c1-35-16-32-34-27(35)42-15-21-13-23(18-9-7-17(14-37)8-10-18)41-25(40-21)19-4-2-5-20(12-19)33-24(38)22-6-3-11-36(22)26(39)28(29,30)31/h2,4-5,7-10,12,16,21-23,25,37H,3,6,11,13-15H2,1H3,(H,33,38). The number of hydrogen-bond donors (Lipinski definition) is 2. The number of likely N-dealkylation sites (tertiary alicyclic amines) is 1. The van der Waals surface area contributed by atoms with Gasteiger partial charge in [0, 0.05) is 37.0 Å². The van der Waals surface area contributed by atoms with Crippen molar-refractivity contribution in [3.63, 3.8) is 0 Å². The number of rotatable bonds is 8. The van der Waals surface area contributed by atoms with Gasteiger partial charge in [0.15, 0.2) is 11.4 Å². The Labute approximate surface area is 244 Å². The first kappa shape index (κ1) is 30.0. The Hall–Kier alpha value is -3.46. The topological polar surface area (TPSA) is 119 Å². The lowest BCUT2D eigenvalue weighted by Crippen LogP contribution is -2.48. The molecule has 0 radical (unpaired) electrons. The van der Waals surface area contributed by atoms with Gasteiger partial charge in [0.1, 0.15) is 12.4 Å². The second kappa shape index (κ2) is 12.8. The van der Waals surface area contributed by atoms with Gasteiger partial charge in [-0.05, 0) is 36.1 Å². The highest BCUT2D eigenvalue weighted by Crippen LogP contribution is 2.40. The van der Waals surface area contributed by atoms with Crippen LogP contribution in [0.4, 0.5) is 18.9 Å². The molecule has 2 aliphatic rings. The number of thioether (sulfide) groups is 1. The van der Waals surface area contributed by atoms with Crippen LogP contribution in [0.1, 0.15) is 48.3 Å². The highest BCUT2D eigenvalue weighted by molar-refractivity contribution is 7.99. The summed E-state index contributed by atoms with van der Waals surface area (Å²) in [6.45, 7) is -0.204. The van der Waals surface area contributed by atoms with Crippen LogP contribution in [0.3, 0.4) is 0 Å². The highest BCUT2D eigenvalue weighted by atomic mass is 32.2. The molecule has 1 aromatic heterocycles.